The number of rotatable bonds is 7. The number of carbonyl (C=O) groups is 3. The number of aliphatic carboxylic acids is 1. The van der Waals surface area contributed by atoms with E-state index in [-0.39, 0.29) is 17.2 Å². The molecule has 0 bridgehead atoms. The first kappa shape index (κ1) is 19.5. The van der Waals surface area contributed by atoms with Crippen LogP contribution in [0, 0.1) is 5.41 Å². The highest BCUT2D eigenvalue weighted by atomic mass is 16.4. The lowest BCUT2D eigenvalue weighted by atomic mass is 9.91. The summed E-state index contributed by atoms with van der Waals surface area (Å²) in [4.78, 5) is 37.7. The summed E-state index contributed by atoms with van der Waals surface area (Å²) in [7, 11) is 0. The van der Waals surface area contributed by atoms with E-state index in [1.54, 1.807) is 4.90 Å². The first-order chi connectivity index (χ1) is 10.7. The van der Waals surface area contributed by atoms with Gasteiger partial charge in [-0.3, -0.25) is 9.59 Å². The Bertz CT molecular complexity index is 442. The molecule has 1 fully saturated rings. The highest BCUT2D eigenvalue weighted by Gasteiger charge is 2.36. The molecule has 0 aliphatic carbocycles. The number of carboxylic acids is 1. The number of likely N-dealkylation sites (tertiary alicyclic amines) is 1. The van der Waals surface area contributed by atoms with Gasteiger partial charge in [0.2, 0.25) is 11.8 Å². The Hall–Kier alpha value is -1.59. The minimum Gasteiger partial charge on any atom is -0.480 e. The summed E-state index contributed by atoms with van der Waals surface area (Å²) in [6.07, 6.45) is 3.80. The van der Waals surface area contributed by atoms with Crippen LogP contribution in [-0.2, 0) is 14.4 Å². The van der Waals surface area contributed by atoms with Gasteiger partial charge in [-0.25, -0.2) is 4.79 Å². The number of unbranched alkanes of at least 4 members (excludes halogenated alkanes) is 1. The average Bonchev–Trinajstić information content (AvgIpc) is 2.90. The van der Waals surface area contributed by atoms with Gasteiger partial charge in [0.25, 0.3) is 0 Å². The number of hydrogen-bond donors (Lipinski definition) is 2. The van der Waals surface area contributed by atoms with Crippen molar-refractivity contribution in [1.29, 1.82) is 0 Å². The Morgan fingerprint density at radius 2 is 1.96 bits per heavy atom. The van der Waals surface area contributed by atoms with Crippen LogP contribution in [0.3, 0.4) is 0 Å². The van der Waals surface area contributed by atoms with E-state index < -0.39 is 18.1 Å². The topological polar surface area (TPSA) is 86.7 Å². The number of carbonyl (C=O) groups excluding carboxylic acids is 2. The average molecular weight is 326 g/mol. The summed E-state index contributed by atoms with van der Waals surface area (Å²) in [5.41, 5.74) is -0.134. The zero-order valence-corrected chi connectivity index (χ0v) is 14.7. The molecule has 1 rings (SSSR count). The molecule has 2 N–H and O–H groups in total. The van der Waals surface area contributed by atoms with E-state index in [0.29, 0.717) is 25.8 Å². The van der Waals surface area contributed by atoms with E-state index in [1.807, 2.05) is 27.7 Å². The van der Waals surface area contributed by atoms with Crippen molar-refractivity contribution in [2.75, 3.05) is 6.54 Å². The lowest BCUT2D eigenvalue weighted by Gasteiger charge is -2.28. The normalized spacial score (nSPS) is 19.5. The maximum atomic E-state index is 12.4. The third kappa shape index (κ3) is 6.20. The predicted molar refractivity (Wildman–Crippen MR) is 87.9 cm³/mol. The summed E-state index contributed by atoms with van der Waals surface area (Å²) in [5, 5.41) is 11.8. The quantitative estimate of drug-likeness (QED) is 0.750. The van der Waals surface area contributed by atoms with Crippen LogP contribution < -0.4 is 5.32 Å². The minimum atomic E-state index is -1.02. The summed E-state index contributed by atoms with van der Waals surface area (Å²) < 4.78 is 0. The number of carboxylic acid groups (broad SMARTS) is 1. The maximum absolute atomic E-state index is 12.4. The molecule has 1 heterocycles. The van der Waals surface area contributed by atoms with Crippen LogP contribution in [0.2, 0.25) is 0 Å². The third-order valence-corrected chi connectivity index (χ3v) is 4.02. The zero-order chi connectivity index (χ0) is 17.6. The Morgan fingerprint density at radius 3 is 2.48 bits per heavy atom. The highest BCUT2D eigenvalue weighted by Crippen LogP contribution is 2.25. The smallest absolute Gasteiger partial charge is 0.326 e. The van der Waals surface area contributed by atoms with Crippen LogP contribution in [0.25, 0.3) is 0 Å². The SMILES string of the molecule is CCCCC(NC(=O)C1CCCN1C(=O)CC(C)(C)C)C(=O)O. The number of nitrogens with zero attached hydrogens (tertiary/aromatic N) is 1. The van der Waals surface area contributed by atoms with Gasteiger partial charge in [-0.15, -0.1) is 0 Å². The first-order valence-corrected chi connectivity index (χ1v) is 8.48. The number of nitrogens with one attached hydrogen (secondary N) is 1. The van der Waals surface area contributed by atoms with Crippen LogP contribution in [0.4, 0.5) is 0 Å². The molecule has 1 aliphatic rings. The standard InChI is InChI=1S/C17H30N2O4/c1-5-6-8-12(16(22)23)18-15(21)13-9-7-10-19(13)14(20)11-17(2,3)4/h12-13H,5-11H2,1-4H3,(H,18,21)(H,22,23). The van der Waals surface area contributed by atoms with E-state index in [9.17, 15) is 19.5 Å². The Kier molecular flexibility index (Phi) is 7.03. The lowest BCUT2D eigenvalue weighted by Crippen LogP contribution is -2.51. The van der Waals surface area contributed by atoms with Gasteiger partial charge in [-0.1, -0.05) is 40.5 Å². The summed E-state index contributed by atoms with van der Waals surface area (Å²) in [6, 6.07) is -1.41. The fraction of sp³-hybridized carbons (Fsp3) is 0.824. The highest BCUT2D eigenvalue weighted by molar-refractivity contribution is 5.91. The van der Waals surface area contributed by atoms with Crippen LogP contribution in [0.1, 0.15) is 66.2 Å². The molecule has 132 valence electrons. The number of amides is 2. The van der Waals surface area contributed by atoms with Crippen molar-refractivity contribution in [2.45, 2.75) is 78.3 Å². The second-order valence-electron chi connectivity index (χ2n) is 7.52. The van der Waals surface area contributed by atoms with E-state index in [4.69, 9.17) is 0 Å². The van der Waals surface area contributed by atoms with Crippen molar-refractivity contribution < 1.29 is 19.5 Å². The first-order valence-electron chi connectivity index (χ1n) is 8.48. The van der Waals surface area contributed by atoms with Gasteiger partial charge in [0, 0.05) is 13.0 Å². The van der Waals surface area contributed by atoms with Crippen molar-refractivity contribution in [3.8, 4) is 0 Å². The molecule has 0 saturated carbocycles. The summed E-state index contributed by atoms with van der Waals surface area (Å²) >= 11 is 0. The molecule has 0 aromatic rings. The second-order valence-corrected chi connectivity index (χ2v) is 7.52. The molecule has 6 heteroatoms. The van der Waals surface area contributed by atoms with Crippen LogP contribution in [0.5, 0.6) is 0 Å². The molecular formula is C17H30N2O4. The maximum Gasteiger partial charge on any atom is 0.326 e. The van der Waals surface area contributed by atoms with Crippen molar-refractivity contribution in [3.63, 3.8) is 0 Å². The molecule has 0 aromatic carbocycles. The molecule has 1 saturated heterocycles. The molecular weight excluding hydrogens is 296 g/mol. The van der Waals surface area contributed by atoms with Crippen molar-refractivity contribution in [1.82, 2.24) is 10.2 Å². The molecule has 6 nitrogen and oxygen atoms in total. The van der Waals surface area contributed by atoms with Gasteiger partial charge in [-0.2, -0.15) is 0 Å². The molecule has 23 heavy (non-hydrogen) atoms. The molecule has 0 radical (unpaired) electrons. The van der Waals surface area contributed by atoms with Crippen molar-refractivity contribution >= 4 is 17.8 Å². The predicted octanol–water partition coefficient (Wildman–Crippen LogP) is 2.17. The van der Waals surface area contributed by atoms with E-state index in [1.165, 1.54) is 0 Å². The van der Waals surface area contributed by atoms with Crippen LogP contribution in [-0.4, -0.2) is 46.4 Å². The Morgan fingerprint density at radius 1 is 1.30 bits per heavy atom. The fourth-order valence-electron chi connectivity index (χ4n) is 2.83. The fourth-order valence-corrected chi connectivity index (χ4v) is 2.83. The van der Waals surface area contributed by atoms with Gasteiger partial charge < -0.3 is 15.3 Å². The van der Waals surface area contributed by atoms with Gasteiger partial charge in [0.1, 0.15) is 12.1 Å². The molecule has 1 aliphatic heterocycles. The van der Waals surface area contributed by atoms with Crippen molar-refractivity contribution in [2.24, 2.45) is 5.41 Å². The zero-order valence-electron chi connectivity index (χ0n) is 14.7. The lowest BCUT2D eigenvalue weighted by molar-refractivity contribution is -0.144. The van der Waals surface area contributed by atoms with E-state index in [2.05, 4.69) is 5.32 Å². The molecule has 2 unspecified atom stereocenters. The summed E-state index contributed by atoms with van der Waals surface area (Å²) in [6.45, 7) is 8.51. The van der Waals surface area contributed by atoms with E-state index in [0.717, 1.165) is 19.3 Å². The van der Waals surface area contributed by atoms with Crippen LogP contribution in [0.15, 0.2) is 0 Å². The molecule has 0 spiro atoms. The molecule has 2 amide bonds. The van der Waals surface area contributed by atoms with Crippen LogP contribution >= 0.6 is 0 Å². The Balaban J connectivity index is 2.69. The Labute approximate surface area is 138 Å². The largest absolute Gasteiger partial charge is 0.480 e. The molecule has 0 aromatic heterocycles. The van der Waals surface area contributed by atoms with Gasteiger partial charge in [-0.05, 0) is 24.7 Å². The monoisotopic (exact) mass is 326 g/mol. The third-order valence-electron chi connectivity index (χ3n) is 4.02. The minimum absolute atomic E-state index is 0.0319. The van der Waals surface area contributed by atoms with E-state index >= 15 is 0 Å². The number of hydrogen-bond acceptors (Lipinski definition) is 3. The van der Waals surface area contributed by atoms with Gasteiger partial charge in [0.05, 0.1) is 0 Å². The van der Waals surface area contributed by atoms with Crippen molar-refractivity contribution in [3.05, 3.63) is 0 Å². The van der Waals surface area contributed by atoms with Gasteiger partial charge >= 0.3 is 5.97 Å². The van der Waals surface area contributed by atoms with Gasteiger partial charge in [0.15, 0.2) is 0 Å². The molecule has 2 atom stereocenters. The second kappa shape index (κ2) is 8.31. The summed E-state index contributed by atoms with van der Waals surface area (Å²) in [5.74, 6) is -1.39.